The van der Waals surface area contributed by atoms with E-state index in [1.54, 1.807) is 0 Å². The van der Waals surface area contributed by atoms with Crippen molar-refractivity contribution >= 4 is 17.9 Å². The minimum absolute atomic E-state index is 0.101. The number of ether oxygens (including phenoxy) is 3. The summed E-state index contributed by atoms with van der Waals surface area (Å²) in [5.74, 6) is -0.972. The monoisotopic (exact) mass is 1020 g/mol. The van der Waals surface area contributed by atoms with Gasteiger partial charge in [-0.05, 0) is 128 Å². The highest BCUT2D eigenvalue weighted by Crippen LogP contribution is 2.13. The van der Waals surface area contributed by atoms with Crippen molar-refractivity contribution in [3.05, 3.63) is 146 Å². The number of carbonyl (C=O) groups is 3. The van der Waals surface area contributed by atoms with Gasteiger partial charge in [0.05, 0.1) is 0 Å². The fraction of sp³-hybridized carbons (Fsp3) is 0.603. The van der Waals surface area contributed by atoms with Gasteiger partial charge in [0.2, 0.25) is 0 Å². The molecule has 0 spiro atoms. The average Bonchev–Trinajstić information content (AvgIpc) is 3.40. The number of esters is 3. The molecule has 6 heteroatoms. The quantitative estimate of drug-likeness (QED) is 0.0261. The van der Waals surface area contributed by atoms with Crippen molar-refractivity contribution < 1.29 is 28.6 Å². The lowest BCUT2D eigenvalue weighted by Crippen LogP contribution is -2.30. The molecule has 74 heavy (non-hydrogen) atoms. The van der Waals surface area contributed by atoms with Crippen molar-refractivity contribution in [3.8, 4) is 0 Å². The number of allylic oxidation sites excluding steroid dienone is 24. The zero-order chi connectivity index (χ0) is 53.6. The molecule has 6 nitrogen and oxygen atoms in total. The zero-order valence-electron chi connectivity index (χ0n) is 47.5. The Morgan fingerprint density at radius 3 is 0.878 bits per heavy atom. The number of carbonyl (C=O) groups excluding carboxylic acids is 3. The minimum atomic E-state index is -0.806. The van der Waals surface area contributed by atoms with E-state index in [0.29, 0.717) is 25.7 Å². The molecule has 0 aromatic heterocycles. The van der Waals surface area contributed by atoms with Crippen LogP contribution in [-0.2, 0) is 28.6 Å². The van der Waals surface area contributed by atoms with Gasteiger partial charge in [-0.15, -0.1) is 0 Å². The molecule has 0 radical (unpaired) electrons. The van der Waals surface area contributed by atoms with E-state index in [4.69, 9.17) is 14.2 Å². The Bertz CT molecular complexity index is 1640. The summed E-state index contributed by atoms with van der Waals surface area (Å²) < 4.78 is 16.7. The fourth-order valence-electron chi connectivity index (χ4n) is 7.62. The average molecular weight is 1020 g/mol. The molecule has 0 aromatic rings. The largest absolute Gasteiger partial charge is 0.462 e. The van der Waals surface area contributed by atoms with Crippen LogP contribution < -0.4 is 0 Å². The van der Waals surface area contributed by atoms with Crippen LogP contribution in [0.5, 0.6) is 0 Å². The normalized spacial score (nSPS) is 13.2. The molecule has 0 fully saturated rings. The molecule has 416 valence electrons. The highest BCUT2D eigenvalue weighted by atomic mass is 16.6. The Hall–Kier alpha value is -4.71. The molecular formula is C68H108O6. The third kappa shape index (κ3) is 58.2. The molecule has 0 N–H and O–H groups in total. The van der Waals surface area contributed by atoms with Crippen LogP contribution in [0.25, 0.3) is 0 Å². The fourth-order valence-corrected chi connectivity index (χ4v) is 7.62. The molecule has 0 heterocycles. The number of hydrogen-bond donors (Lipinski definition) is 0. The maximum absolute atomic E-state index is 12.8. The number of hydrogen-bond acceptors (Lipinski definition) is 6. The topological polar surface area (TPSA) is 78.9 Å². The third-order valence-electron chi connectivity index (χ3n) is 12.1. The van der Waals surface area contributed by atoms with E-state index in [0.717, 1.165) is 141 Å². The van der Waals surface area contributed by atoms with Gasteiger partial charge in [-0.25, -0.2) is 0 Å². The first-order valence-corrected chi connectivity index (χ1v) is 29.8. The van der Waals surface area contributed by atoms with Crippen molar-refractivity contribution in [2.45, 2.75) is 252 Å². The standard InChI is InChI=1S/C68H108O6/c1-4-7-10-13-16-19-21-23-25-26-27-28-29-30-31-32-33-34-35-36-37-38-39-40-41-42-44-45-47-49-52-55-58-61-67(70)73-64-65(63-72-66(69)60-57-54-51-18-15-12-9-6-3)74-68(71)62-59-56-53-50-48-46-43-24-22-20-17-14-11-8-5-2/h7,10,16-17,19-20,23-25,27-28,30-31,33-34,36-37,39-40,42-44,47,49,65H,4-6,8-9,11-15,18,21-22,26,29,32,35,38,41,45-46,48,50-64H2,1-3H3/b10-7-,19-16-,20-17-,25-23-,28-27-,31-30-,34-33-,37-36-,40-39-,43-24-,44-42-,49-47-. The van der Waals surface area contributed by atoms with E-state index >= 15 is 0 Å². The Morgan fingerprint density at radius 2 is 0.527 bits per heavy atom. The molecule has 0 amide bonds. The predicted octanol–water partition coefficient (Wildman–Crippen LogP) is 20.4. The molecule has 0 rings (SSSR count). The first-order valence-electron chi connectivity index (χ1n) is 29.8. The van der Waals surface area contributed by atoms with E-state index in [-0.39, 0.29) is 31.1 Å². The van der Waals surface area contributed by atoms with Crippen molar-refractivity contribution in [2.24, 2.45) is 0 Å². The Labute approximate surface area is 455 Å². The Morgan fingerprint density at radius 1 is 0.284 bits per heavy atom. The van der Waals surface area contributed by atoms with E-state index in [2.05, 4.69) is 167 Å². The molecule has 1 unspecified atom stereocenters. The van der Waals surface area contributed by atoms with Crippen LogP contribution in [0.2, 0.25) is 0 Å². The Balaban J connectivity index is 4.30. The van der Waals surface area contributed by atoms with Crippen molar-refractivity contribution in [1.82, 2.24) is 0 Å². The first kappa shape index (κ1) is 69.3. The summed E-state index contributed by atoms with van der Waals surface area (Å²) in [5.41, 5.74) is 0. The first-order chi connectivity index (χ1) is 36.5. The van der Waals surface area contributed by atoms with E-state index in [9.17, 15) is 14.4 Å². The van der Waals surface area contributed by atoms with Crippen LogP contribution in [0.1, 0.15) is 245 Å². The summed E-state index contributed by atoms with van der Waals surface area (Å²) in [5, 5.41) is 0. The van der Waals surface area contributed by atoms with Gasteiger partial charge in [-0.3, -0.25) is 14.4 Å². The molecule has 0 saturated carbocycles. The van der Waals surface area contributed by atoms with Gasteiger partial charge >= 0.3 is 17.9 Å². The van der Waals surface area contributed by atoms with Crippen molar-refractivity contribution in [3.63, 3.8) is 0 Å². The van der Waals surface area contributed by atoms with Crippen molar-refractivity contribution in [1.29, 1.82) is 0 Å². The van der Waals surface area contributed by atoms with Crippen LogP contribution in [-0.4, -0.2) is 37.2 Å². The second-order valence-electron chi connectivity index (χ2n) is 19.2. The zero-order valence-corrected chi connectivity index (χ0v) is 47.5. The summed E-state index contributed by atoms with van der Waals surface area (Å²) in [6.07, 6.45) is 87.2. The summed E-state index contributed by atoms with van der Waals surface area (Å²) in [6, 6.07) is 0. The minimum Gasteiger partial charge on any atom is -0.462 e. The van der Waals surface area contributed by atoms with Gasteiger partial charge < -0.3 is 14.2 Å². The molecule has 0 bridgehead atoms. The molecule has 0 aliphatic carbocycles. The molecule has 0 aliphatic heterocycles. The highest BCUT2D eigenvalue weighted by Gasteiger charge is 2.19. The number of rotatable bonds is 52. The molecule has 0 aliphatic rings. The van der Waals surface area contributed by atoms with Gasteiger partial charge in [-0.1, -0.05) is 244 Å². The smallest absolute Gasteiger partial charge is 0.306 e. The maximum Gasteiger partial charge on any atom is 0.306 e. The van der Waals surface area contributed by atoms with Crippen molar-refractivity contribution in [2.75, 3.05) is 13.2 Å². The molecule has 0 saturated heterocycles. The van der Waals surface area contributed by atoms with Gasteiger partial charge in [0.15, 0.2) is 6.10 Å². The number of unbranched alkanes of at least 4 members (excludes halogenated alkanes) is 17. The van der Waals surface area contributed by atoms with Gasteiger partial charge in [0.25, 0.3) is 0 Å². The summed E-state index contributed by atoms with van der Waals surface area (Å²) in [6.45, 7) is 6.40. The van der Waals surface area contributed by atoms with Crippen LogP contribution in [0.3, 0.4) is 0 Å². The van der Waals surface area contributed by atoms with Crippen LogP contribution in [0.15, 0.2) is 146 Å². The third-order valence-corrected chi connectivity index (χ3v) is 12.1. The molecular weight excluding hydrogens is 913 g/mol. The van der Waals surface area contributed by atoms with Crippen LogP contribution in [0.4, 0.5) is 0 Å². The lowest BCUT2D eigenvalue weighted by Gasteiger charge is -2.18. The molecule has 0 aromatic carbocycles. The maximum atomic E-state index is 12.8. The van der Waals surface area contributed by atoms with Gasteiger partial charge in [0.1, 0.15) is 13.2 Å². The lowest BCUT2D eigenvalue weighted by atomic mass is 10.1. The Kier molecular flexibility index (Phi) is 57.0. The van der Waals surface area contributed by atoms with Gasteiger partial charge in [0, 0.05) is 19.3 Å². The van der Waals surface area contributed by atoms with Crippen LogP contribution in [0, 0.1) is 0 Å². The van der Waals surface area contributed by atoms with E-state index < -0.39 is 6.10 Å². The lowest BCUT2D eigenvalue weighted by molar-refractivity contribution is -0.167. The van der Waals surface area contributed by atoms with Gasteiger partial charge in [-0.2, -0.15) is 0 Å². The summed E-state index contributed by atoms with van der Waals surface area (Å²) >= 11 is 0. The second kappa shape index (κ2) is 60.8. The van der Waals surface area contributed by atoms with E-state index in [1.807, 2.05) is 0 Å². The van der Waals surface area contributed by atoms with E-state index in [1.165, 1.54) is 57.8 Å². The highest BCUT2D eigenvalue weighted by molar-refractivity contribution is 5.71. The SMILES string of the molecule is CC/C=C\C/C=C\C/C=C\C/C=C\C/C=C\C/C=C\C/C=C\C/C=C\C/C=C\C/C=C\CCCCC(=O)OCC(COC(=O)CCCCCCCCCC)OC(=O)CCCCCCC/C=C\C/C=C\CCCCC. The molecule has 1 atom stereocenters. The second-order valence-corrected chi connectivity index (χ2v) is 19.2. The summed E-state index contributed by atoms with van der Waals surface area (Å²) in [4.78, 5) is 38.0. The van der Waals surface area contributed by atoms with Crippen LogP contribution >= 0.6 is 0 Å². The summed E-state index contributed by atoms with van der Waals surface area (Å²) in [7, 11) is 0. The predicted molar refractivity (Wildman–Crippen MR) is 320 cm³/mol.